The number of hydrogen-bond acceptors (Lipinski definition) is 9. The molecule has 210 valence electrons. The van der Waals surface area contributed by atoms with E-state index in [1.54, 1.807) is 6.92 Å². The van der Waals surface area contributed by atoms with Crippen molar-refractivity contribution in [1.82, 2.24) is 5.32 Å². The third-order valence-corrected chi connectivity index (χ3v) is 4.48. The van der Waals surface area contributed by atoms with Crippen LogP contribution in [0.3, 0.4) is 0 Å². The van der Waals surface area contributed by atoms with Gasteiger partial charge in [-0.25, -0.2) is 9.59 Å². The van der Waals surface area contributed by atoms with E-state index >= 15 is 0 Å². The lowest BCUT2D eigenvalue weighted by Crippen LogP contribution is -2.47. The van der Waals surface area contributed by atoms with E-state index in [4.69, 9.17) is 51.9 Å². The summed E-state index contributed by atoms with van der Waals surface area (Å²) in [6.07, 6.45) is -5.45. The number of alkyl halides is 3. The van der Waals surface area contributed by atoms with Crippen molar-refractivity contribution >= 4 is 35.1 Å². The summed E-state index contributed by atoms with van der Waals surface area (Å²) in [6.45, 7) is 4.04. The number of ether oxygens (including phenoxy) is 4. The minimum Gasteiger partial charge on any atom is -0.480 e. The van der Waals surface area contributed by atoms with Gasteiger partial charge in [0.25, 0.3) is 0 Å². The normalized spacial score (nSPS) is 12.5. The molecule has 0 unspecified atom stereocenters. The molecule has 2 atom stereocenters. The fourth-order valence-electron chi connectivity index (χ4n) is 2.15. The molecule has 5 N–H and O–H groups in total. The quantitative estimate of drug-likeness (QED) is 0.132. The first-order valence-corrected chi connectivity index (χ1v) is 11.3. The van der Waals surface area contributed by atoms with Crippen molar-refractivity contribution in [2.24, 2.45) is 5.73 Å². The van der Waals surface area contributed by atoms with Gasteiger partial charge in [-0.2, -0.15) is 13.2 Å². The molecule has 0 amide bonds. The number of thiocarbonyl (C=S) groups is 1. The van der Waals surface area contributed by atoms with Gasteiger partial charge in [0.15, 0.2) is 0 Å². The second kappa shape index (κ2) is 19.3. The highest BCUT2D eigenvalue weighted by molar-refractivity contribution is 7.80. The minimum atomic E-state index is -5.08. The van der Waals surface area contributed by atoms with Crippen molar-refractivity contribution in [3.63, 3.8) is 0 Å². The molecule has 15 heteroatoms. The van der Waals surface area contributed by atoms with E-state index in [-0.39, 0.29) is 24.6 Å². The van der Waals surface area contributed by atoms with Crippen LogP contribution in [0.2, 0.25) is 0 Å². The van der Waals surface area contributed by atoms with Crippen LogP contribution in [0.5, 0.6) is 0 Å². The molecule has 0 radical (unpaired) electrons. The van der Waals surface area contributed by atoms with Gasteiger partial charge < -0.3 is 40.2 Å². The number of rotatable bonds is 16. The number of esters is 1. The van der Waals surface area contributed by atoms with Crippen LogP contribution in [0.4, 0.5) is 13.2 Å². The summed E-state index contributed by atoms with van der Waals surface area (Å²) in [5, 5.41) is 18.8. The highest BCUT2D eigenvalue weighted by Gasteiger charge is 2.38. The molecule has 1 aromatic carbocycles. The average Bonchev–Trinajstić information content (AvgIpc) is 2.82. The van der Waals surface area contributed by atoms with E-state index in [1.165, 1.54) is 0 Å². The van der Waals surface area contributed by atoms with Crippen LogP contribution in [-0.4, -0.2) is 91.0 Å². The summed E-state index contributed by atoms with van der Waals surface area (Å²) >= 11 is 4.94. The smallest absolute Gasteiger partial charge is 0.480 e. The van der Waals surface area contributed by atoms with Crippen LogP contribution in [0, 0.1) is 0 Å². The number of aliphatic carboxylic acids is 2. The second-order valence-corrected chi connectivity index (χ2v) is 7.62. The number of carbonyl (C=O) groups excluding carboxylic acids is 1. The molecule has 1 aromatic rings. The SMILES string of the molecule is C[C@H](N)C(=S)N[C@@H](CC(=O)OCCOCCOCCOCc1ccccc1)C(=O)O.O=C(O)C(F)(F)F. The Kier molecular flexibility index (Phi) is 17.8. The molecule has 11 nitrogen and oxygen atoms in total. The Bertz CT molecular complexity index is 827. The highest BCUT2D eigenvalue weighted by atomic mass is 32.1. The molecule has 0 aliphatic heterocycles. The molecular formula is C22H31F3N2O9S. The maximum absolute atomic E-state index is 11.8. The lowest BCUT2D eigenvalue weighted by molar-refractivity contribution is -0.192. The topological polar surface area (TPSA) is 167 Å². The van der Waals surface area contributed by atoms with E-state index in [0.29, 0.717) is 33.0 Å². The van der Waals surface area contributed by atoms with Crippen molar-refractivity contribution in [1.29, 1.82) is 0 Å². The van der Waals surface area contributed by atoms with Crippen molar-refractivity contribution in [3.05, 3.63) is 35.9 Å². The molecule has 0 bridgehead atoms. The number of carbonyl (C=O) groups is 3. The number of hydrogen-bond donors (Lipinski definition) is 4. The predicted octanol–water partition coefficient (Wildman–Crippen LogP) is 1.52. The minimum absolute atomic E-state index is 0.0170. The summed E-state index contributed by atoms with van der Waals surface area (Å²) < 4.78 is 52.9. The van der Waals surface area contributed by atoms with Crippen LogP contribution < -0.4 is 11.1 Å². The summed E-state index contributed by atoms with van der Waals surface area (Å²) in [5.41, 5.74) is 6.67. The zero-order chi connectivity index (χ0) is 28.3. The van der Waals surface area contributed by atoms with Crippen molar-refractivity contribution in [3.8, 4) is 0 Å². The molecule has 0 saturated carbocycles. The largest absolute Gasteiger partial charge is 0.490 e. The zero-order valence-corrected chi connectivity index (χ0v) is 20.9. The Labute approximate surface area is 217 Å². The number of benzene rings is 1. The molecule has 0 fully saturated rings. The Morgan fingerprint density at radius 2 is 1.46 bits per heavy atom. The Hall–Kier alpha value is -2.85. The van der Waals surface area contributed by atoms with Gasteiger partial charge >= 0.3 is 24.1 Å². The monoisotopic (exact) mass is 556 g/mol. The first-order chi connectivity index (χ1) is 17.3. The fourth-order valence-corrected chi connectivity index (χ4v) is 2.29. The average molecular weight is 557 g/mol. The second-order valence-electron chi connectivity index (χ2n) is 7.18. The fraction of sp³-hybridized carbons (Fsp3) is 0.545. The standard InChI is InChI=1S/C20H30N2O7S.C2HF3O2/c1-15(21)19(30)22-17(20(24)25)13-18(23)29-12-11-27-8-7-26-9-10-28-14-16-5-3-2-4-6-16;3-2(4,5)1(6)7/h2-6,15,17H,7-14,21H2,1H3,(H,22,30)(H,24,25);(H,6,7)/t15-,17-;/m0./s1. The van der Waals surface area contributed by atoms with Gasteiger partial charge in [0.1, 0.15) is 12.6 Å². The number of carboxylic acid groups (broad SMARTS) is 2. The van der Waals surface area contributed by atoms with Gasteiger partial charge in [-0.15, -0.1) is 0 Å². The molecule has 37 heavy (non-hydrogen) atoms. The maximum atomic E-state index is 11.8. The highest BCUT2D eigenvalue weighted by Crippen LogP contribution is 2.13. The van der Waals surface area contributed by atoms with Crippen molar-refractivity contribution < 1.29 is 56.7 Å². The number of halogens is 3. The van der Waals surface area contributed by atoms with Crippen LogP contribution in [0.1, 0.15) is 18.9 Å². The van der Waals surface area contributed by atoms with Gasteiger partial charge in [-0.3, -0.25) is 4.79 Å². The Morgan fingerprint density at radius 1 is 0.973 bits per heavy atom. The molecule has 0 aliphatic carbocycles. The summed E-state index contributed by atoms with van der Waals surface area (Å²) in [6, 6.07) is 8.17. The van der Waals surface area contributed by atoms with E-state index in [0.717, 1.165) is 5.56 Å². The third-order valence-electron chi connectivity index (χ3n) is 3.99. The maximum Gasteiger partial charge on any atom is 0.490 e. The molecular weight excluding hydrogens is 525 g/mol. The molecule has 0 spiro atoms. The molecule has 0 heterocycles. The first-order valence-electron chi connectivity index (χ1n) is 10.9. The Morgan fingerprint density at radius 3 is 1.92 bits per heavy atom. The Balaban J connectivity index is 0.00000161. The number of nitrogens with one attached hydrogen (secondary N) is 1. The number of carboxylic acids is 2. The van der Waals surface area contributed by atoms with Crippen molar-refractivity contribution in [2.75, 3.05) is 39.6 Å². The van der Waals surface area contributed by atoms with Crippen LogP contribution in [0.25, 0.3) is 0 Å². The summed E-state index contributed by atoms with van der Waals surface area (Å²) in [5.74, 6) is -4.64. The zero-order valence-electron chi connectivity index (χ0n) is 20.1. The van der Waals surface area contributed by atoms with Gasteiger partial charge in [-0.1, -0.05) is 42.5 Å². The lowest BCUT2D eigenvalue weighted by Gasteiger charge is -2.17. The van der Waals surface area contributed by atoms with E-state index in [2.05, 4.69) is 5.32 Å². The third kappa shape index (κ3) is 19.0. The predicted molar refractivity (Wildman–Crippen MR) is 128 cm³/mol. The molecule has 0 aliphatic rings. The molecule has 1 rings (SSSR count). The van der Waals surface area contributed by atoms with Crippen LogP contribution >= 0.6 is 12.2 Å². The van der Waals surface area contributed by atoms with Crippen LogP contribution in [0.15, 0.2) is 30.3 Å². The van der Waals surface area contributed by atoms with Gasteiger partial charge in [0.2, 0.25) is 0 Å². The summed E-state index contributed by atoms with van der Waals surface area (Å²) in [4.78, 5) is 32.0. The molecule has 0 aromatic heterocycles. The van der Waals surface area contributed by atoms with E-state index < -0.39 is 36.2 Å². The lowest BCUT2D eigenvalue weighted by atomic mass is 10.2. The van der Waals surface area contributed by atoms with Gasteiger partial charge in [0, 0.05) is 0 Å². The number of nitrogens with two attached hydrogens (primary N) is 1. The van der Waals surface area contributed by atoms with Gasteiger partial charge in [-0.05, 0) is 12.5 Å². The first kappa shape index (κ1) is 34.1. The van der Waals surface area contributed by atoms with Gasteiger partial charge in [0.05, 0.1) is 57.1 Å². The summed E-state index contributed by atoms with van der Waals surface area (Å²) in [7, 11) is 0. The molecule has 0 saturated heterocycles. The van der Waals surface area contributed by atoms with Crippen LogP contribution in [-0.2, 0) is 39.9 Å². The van der Waals surface area contributed by atoms with E-state index in [1.807, 2.05) is 30.3 Å². The van der Waals surface area contributed by atoms with E-state index in [9.17, 15) is 22.8 Å². The van der Waals surface area contributed by atoms with Crippen molar-refractivity contribution in [2.45, 2.75) is 38.2 Å².